The normalized spacial score (nSPS) is 15.3. The summed E-state index contributed by atoms with van der Waals surface area (Å²) in [6.45, 7) is 3.57. The number of hydrogen-bond donors (Lipinski definition) is 0. The van der Waals surface area contributed by atoms with E-state index in [1.807, 2.05) is 18.2 Å². The van der Waals surface area contributed by atoms with Crippen LogP contribution in [-0.2, 0) is 5.88 Å². The molecule has 0 aliphatic carbocycles. The van der Waals surface area contributed by atoms with E-state index in [2.05, 4.69) is 25.8 Å². The van der Waals surface area contributed by atoms with Crippen molar-refractivity contribution in [3.63, 3.8) is 0 Å². The van der Waals surface area contributed by atoms with Crippen LogP contribution in [0.15, 0.2) is 36.7 Å². The molecule has 21 heavy (non-hydrogen) atoms. The highest BCUT2D eigenvalue weighted by Gasteiger charge is 2.20. The van der Waals surface area contributed by atoms with Gasteiger partial charge in [0.05, 0.1) is 10.7 Å². The topological polar surface area (TPSA) is 32.3 Å². The van der Waals surface area contributed by atoms with Crippen molar-refractivity contribution in [1.82, 2.24) is 9.97 Å². The molecule has 0 atom stereocenters. The second kappa shape index (κ2) is 6.50. The lowest BCUT2D eigenvalue weighted by Crippen LogP contribution is -2.47. The summed E-state index contributed by atoms with van der Waals surface area (Å²) in [5.41, 5.74) is 2.11. The molecule has 0 radical (unpaired) electrons. The maximum atomic E-state index is 6.36. The highest BCUT2D eigenvalue weighted by Crippen LogP contribution is 2.28. The van der Waals surface area contributed by atoms with Crippen molar-refractivity contribution in [2.45, 2.75) is 5.88 Å². The minimum atomic E-state index is 0.485. The summed E-state index contributed by atoms with van der Waals surface area (Å²) in [5.74, 6) is 1.28. The van der Waals surface area contributed by atoms with Gasteiger partial charge in [-0.05, 0) is 23.8 Å². The lowest BCUT2D eigenvalue weighted by atomic mass is 10.2. The first-order chi connectivity index (χ1) is 10.3. The van der Waals surface area contributed by atoms with E-state index in [4.69, 9.17) is 23.2 Å². The van der Waals surface area contributed by atoms with Gasteiger partial charge in [-0.1, -0.05) is 17.7 Å². The van der Waals surface area contributed by atoms with Crippen molar-refractivity contribution in [3.8, 4) is 0 Å². The Hall–Kier alpha value is -1.52. The maximum Gasteiger partial charge on any atom is 0.225 e. The fourth-order valence-electron chi connectivity index (χ4n) is 2.49. The third-order valence-corrected chi connectivity index (χ3v) is 4.23. The molecule has 4 nitrogen and oxygen atoms in total. The molecule has 1 aromatic heterocycles. The zero-order valence-corrected chi connectivity index (χ0v) is 13.1. The zero-order chi connectivity index (χ0) is 14.7. The van der Waals surface area contributed by atoms with Crippen LogP contribution in [0.25, 0.3) is 0 Å². The average Bonchev–Trinajstić information content (AvgIpc) is 2.56. The predicted molar refractivity (Wildman–Crippen MR) is 87.5 cm³/mol. The van der Waals surface area contributed by atoms with Gasteiger partial charge in [0, 0.05) is 44.5 Å². The Bertz CT molecular complexity index is 598. The summed E-state index contributed by atoms with van der Waals surface area (Å²) in [6.07, 6.45) is 3.55. The molecule has 0 unspecified atom stereocenters. The van der Waals surface area contributed by atoms with Gasteiger partial charge in [-0.15, -0.1) is 11.6 Å². The van der Waals surface area contributed by atoms with E-state index in [-0.39, 0.29) is 0 Å². The summed E-state index contributed by atoms with van der Waals surface area (Å²) < 4.78 is 0. The van der Waals surface area contributed by atoms with Crippen molar-refractivity contribution >= 4 is 34.8 Å². The Balaban J connectivity index is 1.68. The van der Waals surface area contributed by atoms with Gasteiger partial charge in [0.1, 0.15) is 0 Å². The van der Waals surface area contributed by atoms with E-state index in [0.29, 0.717) is 5.88 Å². The molecule has 110 valence electrons. The molecule has 1 fully saturated rings. The third kappa shape index (κ3) is 3.22. The SMILES string of the molecule is ClCc1ccc(N2CCN(c3ncccn3)CC2)c(Cl)c1. The second-order valence-corrected chi connectivity index (χ2v) is 5.62. The molecular formula is C15H16Cl2N4. The quantitative estimate of drug-likeness (QED) is 0.812. The Kier molecular flexibility index (Phi) is 4.46. The highest BCUT2D eigenvalue weighted by molar-refractivity contribution is 6.33. The van der Waals surface area contributed by atoms with E-state index < -0.39 is 0 Å². The van der Waals surface area contributed by atoms with Crippen molar-refractivity contribution < 1.29 is 0 Å². The van der Waals surface area contributed by atoms with E-state index >= 15 is 0 Å². The smallest absolute Gasteiger partial charge is 0.225 e. The van der Waals surface area contributed by atoms with E-state index in [1.165, 1.54) is 0 Å². The highest BCUT2D eigenvalue weighted by atomic mass is 35.5. The molecule has 0 amide bonds. The number of nitrogens with zero attached hydrogens (tertiary/aromatic N) is 4. The van der Waals surface area contributed by atoms with Gasteiger partial charge < -0.3 is 9.80 Å². The fraction of sp³-hybridized carbons (Fsp3) is 0.333. The molecule has 1 saturated heterocycles. The van der Waals surface area contributed by atoms with Crippen molar-refractivity contribution in [3.05, 3.63) is 47.2 Å². The van der Waals surface area contributed by atoms with Crippen LogP contribution in [0.5, 0.6) is 0 Å². The van der Waals surface area contributed by atoms with Gasteiger partial charge in [0.15, 0.2) is 0 Å². The van der Waals surface area contributed by atoms with Crippen LogP contribution in [0.4, 0.5) is 11.6 Å². The Morgan fingerprint density at radius 2 is 1.67 bits per heavy atom. The molecule has 0 bridgehead atoms. The van der Waals surface area contributed by atoms with Crippen LogP contribution in [0, 0.1) is 0 Å². The van der Waals surface area contributed by atoms with Crippen molar-refractivity contribution in [2.24, 2.45) is 0 Å². The van der Waals surface area contributed by atoms with Gasteiger partial charge >= 0.3 is 0 Å². The molecule has 6 heteroatoms. The first-order valence-electron chi connectivity index (χ1n) is 6.89. The fourth-order valence-corrected chi connectivity index (χ4v) is 2.98. The van der Waals surface area contributed by atoms with Crippen molar-refractivity contribution in [2.75, 3.05) is 36.0 Å². The van der Waals surface area contributed by atoms with Crippen LogP contribution in [0.3, 0.4) is 0 Å². The molecule has 1 aliphatic rings. The minimum Gasteiger partial charge on any atom is -0.367 e. The standard InChI is InChI=1S/C15H16Cl2N4/c16-11-12-2-3-14(13(17)10-12)20-6-8-21(9-7-20)15-18-4-1-5-19-15/h1-5,10H,6-9,11H2. The first kappa shape index (κ1) is 14.4. The number of benzene rings is 1. The average molecular weight is 323 g/mol. The van der Waals surface area contributed by atoms with Gasteiger partial charge in [0.2, 0.25) is 5.95 Å². The zero-order valence-electron chi connectivity index (χ0n) is 11.5. The van der Waals surface area contributed by atoms with Crippen LogP contribution in [-0.4, -0.2) is 36.1 Å². The van der Waals surface area contributed by atoms with Gasteiger partial charge in [-0.2, -0.15) is 0 Å². The van der Waals surface area contributed by atoms with Gasteiger partial charge in [0.25, 0.3) is 0 Å². The number of anilines is 2. The number of alkyl halides is 1. The summed E-state index contributed by atoms with van der Waals surface area (Å²) in [6, 6.07) is 7.85. The Morgan fingerprint density at radius 1 is 1.00 bits per heavy atom. The Morgan fingerprint density at radius 3 is 2.29 bits per heavy atom. The van der Waals surface area contributed by atoms with Crippen LogP contribution >= 0.6 is 23.2 Å². The largest absolute Gasteiger partial charge is 0.367 e. The van der Waals surface area contributed by atoms with Crippen LogP contribution < -0.4 is 9.80 Å². The molecule has 2 heterocycles. The summed E-state index contributed by atoms with van der Waals surface area (Å²) in [5, 5.41) is 0.762. The monoisotopic (exact) mass is 322 g/mol. The molecule has 1 aliphatic heterocycles. The molecule has 0 spiro atoms. The molecule has 0 saturated carbocycles. The van der Waals surface area contributed by atoms with E-state index in [1.54, 1.807) is 12.4 Å². The number of halogens is 2. The van der Waals surface area contributed by atoms with Crippen LogP contribution in [0.2, 0.25) is 5.02 Å². The molecular weight excluding hydrogens is 307 g/mol. The van der Waals surface area contributed by atoms with E-state index in [9.17, 15) is 0 Å². The number of piperazine rings is 1. The first-order valence-corrected chi connectivity index (χ1v) is 7.80. The summed E-state index contributed by atoms with van der Waals surface area (Å²) in [7, 11) is 0. The molecule has 0 N–H and O–H groups in total. The lowest BCUT2D eigenvalue weighted by Gasteiger charge is -2.36. The third-order valence-electron chi connectivity index (χ3n) is 3.62. The molecule has 3 rings (SSSR count). The van der Waals surface area contributed by atoms with E-state index in [0.717, 1.165) is 48.4 Å². The molecule has 1 aromatic carbocycles. The van der Waals surface area contributed by atoms with Gasteiger partial charge in [-0.3, -0.25) is 0 Å². The predicted octanol–water partition coefficient (Wildman–Crippen LogP) is 3.20. The van der Waals surface area contributed by atoms with Gasteiger partial charge in [-0.25, -0.2) is 9.97 Å². The number of rotatable bonds is 3. The lowest BCUT2D eigenvalue weighted by molar-refractivity contribution is 0.640. The second-order valence-electron chi connectivity index (χ2n) is 4.94. The number of aromatic nitrogens is 2. The van der Waals surface area contributed by atoms with Crippen molar-refractivity contribution in [1.29, 1.82) is 0 Å². The summed E-state index contributed by atoms with van der Waals surface area (Å²) >= 11 is 12.2. The maximum absolute atomic E-state index is 6.36. The van der Waals surface area contributed by atoms with Crippen LogP contribution in [0.1, 0.15) is 5.56 Å². The number of hydrogen-bond acceptors (Lipinski definition) is 4. The minimum absolute atomic E-state index is 0.485. The Labute approximate surface area is 134 Å². The molecule has 2 aromatic rings. The summed E-state index contributed by atoms with van der Waals surface area (Å²) in [4.78, 5) is 13.1.